The van der Waals surface area contributed by atoms with E-state index in [1.54, 1.807) is 0 Å². The van der Waals surface area contributed by atoms with E-state index in [0.29, 0.717) is 6.54 Å². The summed E-state index contributed by atoms with van der Waals surface area (Å²) in [4.78, 5) is 19.5. The molecule has 1 heterocycles. The standard InChI is InChI=1S/C18H19N3O2/c1-12-6-5-9-16(13(12)2)23-11-18(22)19-10-17-20-14-7-3-4-8-15(14)21-17/h3-9H,10-11H2,1-2H3,(H,19,22)(H,20,21). The topological polar surface area (TPSA) is 67.0 Å². The maximum absolute atomic E-state index is 11.9. The molecule has 1 aromatic heterocycles. The molecule has 0 aliphatic heterocycles. The average molecular weight is 309 g/mol. The number of H-pyrrole nitrogens is 1. The first-order valence-electron chi connectivity index (χ1n) is 7.53. The number of benzene rings is 2. The van der Waals surface area contributed by atoms with Crippen LogP contribution in [0.3, 0.4) is 0 Å². The number of aromatic amines is 1. The van der Waals surface area contributed by atoms with Crippen LogP contribution < -0.4 is 10.1 Å². The first-order chi connectivity index (χ1) is 11.1. The van der Waals surface area contributed by atoms with Gasteiger partial charge in [-0.15, -0.1) is 0 Å². The minimum Gasteiger partial charge on any atom is -0.483 e. The van der Waals surface area contributed by atoms with Gasteiger partial charge in [0, 0.05) is 0 Å². The largest absolute Gasteiger partial charge is 0.483 e. The van der Waals surface area contributed by atoms with Gasteiger partial charge >= 0.3 is 0 Å². The van der Waals surface area contributed by atoms with Crippen molar-refractivity contribution in [2.45, 2.75) is 20.4 Å². The Labute approximate surface area is 134 Å². The van der Waals surface area contributed by atoms with Crippen molar-refractivity contribution >= 4 is 16.9 Å². The van der Waals surface area contributed by atoms with Crippen molar-refractivity contribution in [1.29, 1.82) is 0 Å². The third kappa shape index (κ3) is 3.51. The summed E-state index contributed by atoms with van der Waals surface area (Å²) >= 11 is 0. The van der Waals surface area contributed by atoms with Crippen LogP contribution in [-0.4, -0.2) is 22.5 Å². The molecule has 0 saturated carbocycles. The highest BCUT2D eigenvalue weighted by Gasteiger charge is 2.07. The van der Waals surface area contributed by atoms with Gasteiger partial charge in [0.2, 0.25) is 0 Å². The van der Waals surface area contributed by atoms with Crippen LogP contribution in [0.1, 0.15) is 17.0 Å². The lowest BCUT2D eigenvalue weighted by Gasteiger charge is -2.10. The molecule has 2 aromatic carbocycles. The number of nitrogens with zero attached hydrogens (tertiary/aromatic N) is 1. The summed E-state index contributed by atoms with van der Waals surface area (Å²) in [6, 6.07) is 13.6. The smallest absolute Gasteiger partial charge is 0.258 e. The fraction of sp³-hybridized carbons (Fsp3) is 0.222. The number of rotatable bonds is 5. The van der Waals surface area contributed by atoms with Crippen LogP contribution in [0.4, 0.5) is 0 Å². The molecule has 0 aliphatic rings. The second-order valence-corrected chi connectivity index (χ2v) is 5.46. The number of amides is 1. The maximum Gasteiger partial charge on any atom is 0.258 e. The van der Waals surface area contributed by atoms with E-state index < -0.39 is 0 Å². The van der Waals surface area contributed by atoms with Gasteiger partial charge in [-0.1, -0.05) is 24.3 Å². The molecule has 5 nitrogen and oxygen atoms in total. The molecule has 3 aromatic rings. The predicted molar refractivity (Wildman–Crippen MR) is 89.4 cm³/mol. The van der Waals surface area contributed by atoms with E-state index in [9.17, 15) is 4.79 Å². The summed E-state index contributed by atoms with van der Waals surface area (Å²) in [6.45, 7) is 4.34. The summed E-state index contributed by atoms with van der Waals surface area (Å²) in [6.07, 6.45) is 0. The van der Waals surface area contributed by atoms with Crippen LogP contribution in [0, 0.1) is 13.8 Å². The SMILES string of the molecule is Cc1cccc(OCC(=O)NCc2nc3ccccc3[nH]2)c1C. The maximum atomic E-state index is 11.9. The Bertz CT molecular complexity index is 806. The summed E-state index contributed by atoms with van der Waals surface area (Å²) in [7, 11) is 0. The molecule has 5 heteroatoms. The molecule has 0 saturated heterocycles. The number of hydrogen-bond donors (Lipinski definition) is 2. The second kappa shape index (κ2) is 6.52. The van der Waals surface area contributed by atoms with E-state index in [2.05, 4.69) is 15.3 Å². The van der Waals surface area contributed by atoms with Crippen LogP contribution in [0.5, 0.6) is 5.75 Å². The fourth-order valence-electron chi connectivity index (χ4n) is 2.35. The van der Waals surface area contributed by atoms with E-state index in [-0.39, 0.29) is 12.5 Å². The van der Waals surface area contributed by atoms with Crippen molar-refractivity contribution in [3.05, 3.63) is 59.4 Å². The molecule has 0 fully saturated rings. The molecule has 0 bridgehead atoms. The number of imidazole rings is 1. The van der Waals surface area contributed by atoms with Crippen molar-refractivity contribution in [3.63, 3.8) is 0 Å². The minimum absolute atomic E-state index is 0.00940. The van der Waals surface area contributed by atoms with Gasteiger partial charge in [-0.3, -0.25) is 4.79 Å². The number of nitrogens with one attached hydrogen (secondary N) is 2. The van der Waals surface area contributed by atoms with Crippen molar-refractivity contribution in [2.75, 3.05) is 6.61 Å². The molecule has 0 unspecified atom stereocenters. The predicted octanol–water partition coefficient (Wildman–Crippen LogP) is 2.87. The number of carbonyl (C=O) groups excluding carboxylic acids is 1. The monoisotopic (exact) mass is 309 g/mol. The zero-order chi connectivity index (χ0) is 16.2. The third-order valence-corrected chi connectivity index (χ3v) is 3.81. The lowest BCUT2D eigenvalue weighted by molar-refractivity contribution is -0.123. The minimum atomic E-state index is -0.175. The van der Waals surface area contributed by atoms with E-state index in [0.717, 1.165) is 33.7 Å². The molecular formula is C18H19N3O2. The van der Waals surface area contributed by atoms with Gasteiger partial charge in [-0.05, 0) is 43.2 Å². The summed E-state index contributed by atoms with van der Waals surface area (Å²) in [5, 5.41) is 2.81. The van der Waals surface area contributed by atoms with Gasteiger partial charge in [0.1, 0.15) is 11.6 Å². The van der Waals surface area contributed by atoms with Gasteiger partial charge in [0.05, 0.1) is 17.6 Å². The fourth-order valence-corrected chi connectivity index (χ4v) is 2.35. The Morgan fingerprint density at radius 3 is 2.83 bits per heavy atom. The first kappa shape index (κ1) is 15.1. The molecule has 2 N–H and O–H groups in total. The highest BCUT2D eigenvalue weighted by atomic mass is 16.5. The van der Waals surface area contributed by atoms with Crippen LogP contribution in [-0.2, 0) is 11.3 Å². The molecule has 0 aliphatic carbocycles. The Morgan fingerprint density at radius 2 is 2.00 bits per heavy atom. The number of aromatic nitrogens is 2. The average Bonchev–Trinajstić information content (AvgIpc) is 2.97. The second-order valence-electron chi connectivity index (χ2n) is 5.46. The Morgan fingerprint density at radius 1 is 1.17 bits per heavy atom. The quantitative estimate of drug-likeness (QED) is 0.761. The van der Waals surface area contributed by atoms with E-state index in [1.165, 1.54) is 0 Å². The lowest BCUT2D eigenvalue weighted by Crippen LogP contribution is -2.28. The van der Waals surface area contributed by atoms with E-state index in [4.69, 9.17) is 4.74 Å². The Kier molecular flexibility index (Phi) is 4.28. The Balaban J connectivity index is 1.54. The van der Waals surface area contributed by atoms with E-state index >= 15 is 0 Å². The van der Waals surface area contributed by atoms with Crippen LogP contribution in [0.15, 0.2) is 42.5 Å². The molecular weight excluding hydrogens is 290 g/mol. The van der Waals surface area contributed by atoms with Gasteiger partial charge in [-0.25, -0.2) is 4.98 Å². The molecule has 118 valence electrons. The van der Waals surface area contributed by atoms with E-state index in [1.807, 2.05) is 56.3 Å². The number of para-hydroxylation sites is 2. The van der Waals surface area contributed by atoms with Crippen LogP contribution >= 0.6 is 0 Å². The Hall–Kier alpha value is -2.82. The van der Waals surface area contributed by atoms with Crippen molar-refractivity contribution in [1.82, 2.24) is 15.3 Å². The molecule has 0 spiro atoms. The summed E-state index contributed by atoms with van der Waals surface area (Å²) in [5.41, 5.74) is 4.05. The number of carbonyl (C=O) groups is 1. The third-order valence-electron chi connectivity index (χ3n) is 3.81. The van der Waals surface area contributed by atoms with Gasteiger partial charge in [0.15, 0.2) is 6.61 Å². The molecule has 3 rings (SSSR count). The summed E-state index contributed by atoms with van der Waals surface area (Å²) in [5.74, 6) is 1.29. The highest BCUT2D eigenvalue weighted by Crippen LogP contribution is 2.20. The van der Waals surface area contributed by atoms with Gasteiger partial charge in [-0.2, -0.15) is 0 Å². The molecule has 0 radical (unpaired) electrons. The molecule has 23 heavy (non-hydrogen) atoms. The number of fused-ring (bicyclic) bond motifs is 1. The van der Waals surface area contributed by atoms with Crippen molar-refractivity contribution < 1.29 is 9.53 Å². The van der Waals surface area contributed by atoms with Crippen LogP contribution in [0.25, 0.3) is 11.0 Å². The number of aryl methyl sites for hydroxylation is 1. The normalized spacial score (nSPS) is 10.7. The number of hydrogen-bond acceptors (Lipinski definition) is 3. The highest BCUT2D eigenvalue weighted by molar-refractivity contribution is 5.78. The summed E-state index contributed by atoms with van der Waals surface area (Å²) < 4.78 is 5.58. The van der Waals surface area contributed by atoms with Crippen molar-refractivity contribution in [2.24, 2.45) is 0 Å². The zero-order valence-electron chi connectivity index (χ0n) is 13.2. The van der Waals surface area contributed by atoms with Gasteiger partial charge in [0.25, 0.3) is 5.91 Å². The van der Waals surface area contributed by atoms with Crippen molar-refractivity contribution in [3.8, 4) is 5.75 Å². The van der Waals surface area contributed by atoms with Crippen LogP contribution in [0.2, 0.25) is 0 Å². The molecule has 1 amide bonds. The number of ether oxygens (including phenoxy) is 1. The molecule has 0 atom stereocenters. The zero-order valence-corrected chi connectivity index (χ0v) is 13.2. The first-order valence-corrected chi connectivity index (χ1v) is 7.53. The lowest BCUT2D eigenvalue weighted by atomic mass is 10.1. The van der Waals surface area contributed by atoms with Gasteiger partial charge < -0.3 is 15.0 Å².